The van der Waals surface area contributed by atoms with E-state index in [1.165, 1.54) is 25.2 Å². The normalized spacial score (nSPS) is 16.4. The quantitative estimate of drug-likeness (QED) is 0.145. The van der Waals surface area contributed by atoms with Crippen molar-refractivity contribution >= 4 is 39.9 Å². The van der Waals surface area contributed by atoms with Gasteiger partial charge in [0.15, 0.2) is 5.13 Å². The number of rotatable bonds is 8. The Labute approximate surface area is 223 Å². The highest BCUT2D eigenvalue weighted by atomic mass is 32.1. The molecular weight excluding hydrogens is 508 g/mol. The third kappa shape index (κ3) is 4.66. The van der Waals surface area contributed by atoms with Gasteiger partial charge in [0.05, 0.1) is 25.5 Å². The van der Waals surface area contributed by atoms with Crippen LogP contribution >= 0.6 is 11.3 Å². The number of aryl methyl sites for hydroxylation is 2. The summed E-state index contributed by atoms with van der Waals surface area (Å²) in [5.41, 5.74) is 1.68. The van der Waals surface area contributed by atoms with Gasteiger partial charge in [0.25, 0.3) is 5.78 Å². The number of carbonyl (C=O) groups excluding carboxylic acids is 3. The van der Waals surface area contributed by atoms with E-state index < -0.39 is 23.7 Å². The van der Waals surface area contributed by atoms with Gasteiger partial charge in [-0.1, -0.05) is 42.2 Å². The second-order valence-electron chi connectivity index (χ2n) is 8.39. The minimum atomic E-state index is -1.07. The molecule has 1 aromatic heterocycles. The van der Waals surface area contributed by atoms with Gasteiger partial charge in [-0.3, -0.25) is 14.5 Å². The SMILES string of the molecule is C=CCOC(=O)c1sc(N2C(=O)C(=O)C(=C(O)c3ccc(OC)cc3C)C2c2ccccc2OC)nc1C. The largest absolute Gasteiger partial charge is 0.507 e. The lowest BCUT2D eigenvalue weighted by Gasteiger charge is -2.24. The summed E-state index contributed by atoms with van der Waals surface area (Å²) >= 11 is 0.922. The van der Waals surface area contributed by atoms with Gasteiger partial charge in [-0.05, 0) is 43.7 Å². The molecule has 0 bridgehead atoms. The Hall–Kier alpha value is -4.44. The molecule has 4 rings (SSSR count). The van der Waals surface area contributed by atoms with Crippen molar-refractivity contribution in [1.82, 2.24) is 4.98 Å². The molecular formula is C28H26N2O7S. The average molecular weight is 535 g/mol. The van der Waals surface area contributed by atoms with Gasteiger partial charge in [-0.15, -0.1) is 0 Å². The fraction of sp³-hybridized carbons (Fsp3) is 0.214. The zero-order valence-electron chi connectivity index (χ0n) is 21.3. The number of benzene rings is 2. The number of ketones is 1. The molecule has 1 aliphatic rings. The van der Waals surface area contributed by atoms with E-state index in [0.717, 1.165) is 11.3 Å². The van der Waals surface area contributed by atoms with Gasteiger partial charge in [-0.25, -0.2) is 9.78 Å². The number of carbonyl (C=O) groups is 3. The van der Waals surface area contributed by atoms with Crippen LogP contribution in [0.3, 0.4) is 0 Å². The second kappa shape index (κ2) is 10.9. The first-order valence-electron chi connectivity index (χ1n) is 11.6. The second-order valence-corrected chi connectivity index (χ2v) is 9.37. The summed E-state index contributed by atoms with van der Waals surface area (Å²) in [7, 11) is 3.00. The van der Waals surface area contributed by atoms with Crippen LogP contribution in [0.25, 0.3) is 5.76 Å². The first-order valence-corrected chi connectivity index (χ1v) is 12.4. The van der Waals surface area contributed by atoms with Gasteiger partial charge in [0.1, 0.15) is 34.8 Å². The number of anilines is 1. The van der Waals surface area contributed by atoms with E-state index in [1.54, 1.807) is 56.3 Å². The lowest BCUT2D eigenvalue weighted by molar-refractivity contribution is -0.132. The number of aromatic nitrogens is 1. The van der Waals surface area contributed by atoms with Crippen LogP contribution in [0.2, 0.25) is 0 Å². The smallest absolute Gasteiger partial charge is 0.350 e. The Morgan fingerprint density at radius 2 is 1.89 bits per heavy atom. The van der Waals surface area contributed by atoms with E-state index in [2.05, 4.69) is 11.6 Å². The zero-order chi connectivity index (χ0) is 27.6. The number of Topliss-reactive ketones (excluding diaryl/α,β-unsaturated/α-hetero) is 1. The number of hydrogen-bond donors (Lipinski definition) is 1. The third-order valence-electron chi connectivity index (χ3n) is 6.08. The third-order valence-corrected chi connectivity index (χ3v) is 7.21. The molecule has 2 heterocycles. The van der Waals surface area contributed by atoms with Crippen molar-refractivity contribution in [1.29, 1.82) is 0 Å². The average Bonchev–Trinajstić information content (AvgIpc) is 3.43. The molecule has 0 aliphatic carbocycles. The number of nitrogens with zero attached hydrogens (tertiary/aromatic N) is 2. The number of aliphatic hydroxyl groups is 1. The van der Waals surface area contributed by atoms with E-state index in [0.29, 0.717) is 33.9 Å². The Balaban J connectivity index is 1.94. The molecule has 196 valence electrons. The highest BCUT2D eigenvalue weighted by Gasteiger charge is 2.49. The summed E-state index contributed by atoms with van der Waals surface area (Å²) in [6.45, 7) is 6.92. The van der Waals surface area contributed by atoms with Crippen molar-refractivity contribution < 1.29 is 33.7 Å². The lowest BCUT2D eigenvalue weighted by Crippen LogP contribution is -2.29. The molecule has 1 N–H and O–H groups in total. The molecule has 1 aliphatic heterocycles. The van der Waals surface area contributed by atoms with Gasteiger partial charge >= 0.3 is 11.9 Å². The number of thiazole rings is 1. The summed E-state index contributed by atoms with van der Waals surface area (Å²) in [6, 6.07) is 10.8. The van der Waals surface area contributed by atoms with E-state index in [1.807, 2.05) is 0 Å². The fourth-order valence-corrected chi connectivity index (χ4v) is 5.25. The van der Waals surface area contributed by atoms with Crippen molar-refractivity contribution in [2.45, 2.75) is 19.9 Å². The fourth-order valence-electron chi connectivity index (χ4n) is 4.27. The Kier molecular flexibility index (Phi) is 7.63. The summed E-state index contributed by atoms with van der Waals surface area (Å²) in [5, 5.41) is 11.6. The molecule has 1 saturated heterocycles. The molecule has 0 radical (unpaired) electrons. The van der Waals surface area contributed by atoms with Gasteiger partial charge in [0.2, 0.25) is 0 Å². The van der Waals surface area contributed by atoms with Crippen molar-refractivity contribution in [2.75, 3.05) is 25.7 Å². The predicted molar refractivity (Wildman–Crippen MR) is 143 cm³/mol. The number of aliphatic hydroxyl groups excluding tert-OH is 1. The van der Waals surface area contributed by atoms with Crippen LogP contribution in [0.4, 0.5) is 5.13 Å². The number of hydrogen-bond acceptors (Lipinski definition) is 9. The maximum absolute atomic E-state index is 13.5. The lowest BCUT2D eigenvalue weighted by atomic mass is 9.93. The molecule has 1 amide bonds. The molecule has 10 heteroatoms. The van der Waals surface area contributed by atoms with Crippen molar-refractivity contribution in [3.05, 3.63) is 88.0 Å². The molecule has 9 nitrogen and oxygen atoms in total. The molecule has 1 unspecified atom stereocenters. The van der Waals surface area contributed by atoms with Crippen LogP contribution in [0.5, 0.6) is 11.5 Å². The molecule has 1 fully saturated rings. The highest BCUT2D eigenvalue weighted by Crippen LogP contribution is 2.46. The summed E-state index contributed by atoms with van der Waals surface area (Å²) in [6.07, 6.45) is 1.44. The Bertz CT molecular complexity index is 1470. The highest BCUT2D eigenvalue weighted by molar-refractivity contribution is 7.17. The predicted octanol–water partition coefficient (Wildman–Crippen LogP) is 4.75. The molecule has 0 saturated carbocycles. The van der Waals surface area contributed by atoms with E-state index in [4.69, 9.17) is 14.2 Å². The first kappa shape index (κ1) is 26.6. The van der Waals surface area contributed by atoms with Crippen molar-refractivity contribution in [2.24, 2.45) is 0 Å². The number of para-hydroxylation sites is 1. The van der Waals surface area contributed by atoms with E-state index in [-0.39, 0.29) is 27.9 Å². The van der Waals surface area contributed by atoms with E-state index in [9.17, 15) is 19.5 Å². The first-order chi connectivity index (χ1) is 18.2. The molecule has 1 atom stereocenters. The van der Waals surface area contributed by atoms with Gasteiger partial charge in [0, 0.05) is 11.1 Å². The minimum Gasteiger partial charge on any atom is -0.507 e. The van der Waals surface area contributed by atoms with E-state index >= 15 is 0 Å². The van der Waals surface area contributed by atoms with Crippen molar-refractivity contribution in [3.8, 4) is 11.5 Å². The summed E-state index contributed by atoms with van der Waals surface area (Å²) < 4.78 is 15.9. The standard InChI is InChI=1S/C28H26N2O7S/c1-6-13-37-27(34)25-16(3)29-28(38-25)30-22(19-9-7-8-10-20(19)36-5)21(24(32)26(30)33)23(31)18-12-11-17(35-4)14-15(18)2/h6-12,14,22,31H,1,13H2,2-5H3. The topological polar surface area (TPSA) is 115 Å². The molecule has 38 heavy (non-hydrogen) atoms. The van der Waals surface area contributed by atoms with Gasteiger partial charge < -0.3 is 19.3 Å². The van der Waals surface area contributed by atoms with Crippen LogP contribution in [-0.4, -0.2) is 48.6 Å². The van der Waals surface area contributed by atoms with Crippen molar-refractivity contribution in [3.63, 3.8) is 0 Å². The summed E-state index contributed by atoms with van der Waals surface area (Å²) in [4.78, 5) is 45.3. The van der Waals surface area contributed by atoms with Crippen LogP contribution in [0.15, 0.2) is 60.7 Å². The van der Waals surface area contributed by atoms with Crippen LogP contribution in [-0.2, 0) is 14.3 Å². The Morgan fingerprint density at radius 1 is 1.16 bits per heavy atom. The molecule has 3 aromatic rings. The van der Waals surface area contributed by atoms with Crippen LogP contribution in [0.1, 0.15) is 38.1 Å². The van der Waals surface area contributed by atoms with Gasteiger partial charge in [-0.2, -0.15) is 0 Å². The number of amides is 1. The summed E-state index contributed by atoms with van der Waals surface area (Å²) in [5.74, 6) is -1.77. The number of ether oxygens (including phenoxy) is 3. The molecule has 2 aromatic carbocycles. The minimum absolute atomic E-state index is 0.0123. The Morgan fingerprint density at radius 3 is 2.55 bits per heavy atom. The maximum atomic E-state index is 13.5. The maximum Gasteiger partial charge on any atom is 0.350 e. The zero-order valence-corrected chi connectivity index (χ0v) is 22.1. The number of esters is 1. The molecule has 0 spiro atoms. The van der Waals surface area contributed by atoms with Crippen LogP contribution < -0.4 is 14.4 Å². The number of methoxy groups -OCH3 is 2. The monoisotopic (exact) mass is 534 g/mol. The van der Waals surface area contributed by atoms with Crippen LogP contribution in [0, 0.1) is 13.8 Å².